The predicted octanol–water partition coefficient (Wildman–Crippen LogP) is 2.16. The van der Waals surface area contributed by atoms with Gasteiger partial charge in [-0.3, -0.25) is 0 Å². The van der Waals surface area contributed by atoms with E-state index in [0.717, 1.165) is 12.8 Å². The number of rotatable bonds is 3. The van der Waals surface area contributed by atoms with E-state index >= 15 is 0 Å². The molecule has 0 fully saturated rings. The molecule has 1 nitrogen and oxygen atoms in total. The molecule has 60 valence electrons. The highest BCUT2D eigenvalue weighted by Crippen LogP contribution is 2.01. The van der Waals surface area contributed by atoms with Gasteiger partial charge in [0.2, 0.25) is 0 Å². The summed E-state index contributed by atoms with van der Waals surface area (Å²) < 4.78 is 0. The van der Waals surface area contributed by atoms with Crippen LogP contribution >= 0.6 is 0 Å². The van der Waals surface area contributed by atoms with E-state index in [2.05, 4.69) is 17.9 Å². The Morgan fingerprint density at radius 1 is 1.25 bits per heavy atom. The summed E-state index contributed by atoms with van der Waals surface area (Å²) in [7, 11) is 0. The van der Waals surface area contributed by atoms with Crippen molar-refractivity contribution in [1.29, 1.82) is 0 Å². The minimum absolute atomic E-state index is 0.846. The Balaban J connectivity index is 2.44. The lowest BCUT2D eigenvalue weighted by Crippen LogP contribution is -1.80. The van der Waals surface area contributed by atoms with Gasteiger partial charge in [0.25, 0.3) is 0 Å². The van der Waals surface area contributed by atoms with Crippen molar-refractivity contribution < 1.29 is 4.79 Å². The highest BCUT2D eigenvalue weighted by atomic mass is 16.1. The first-order chi connectivity index (χ1) is 5.93. The van der Waals surface area contributed by atoms with Crippen LogP contribution in [0.1, 0.15) is 12.0 Å². The number of hydrogen-bond donors (Lipinski definition) is 0. The van der Waals surface area contributed by atoms with Gasteiger partial charge in [0.15, 0.2) is 5.94 Å². The van der Waals surface area contributed by atoms with Gasteiger partial charge in [0, 0.05) is 0 Å². The third-order valence-electron chi connectivity index (χ3n) is 1.58. The van der Waals surface area contributed by atoms with Gasteiger partial charge in [-0.2, -0.15) is 0 Å². The zero-order valence-electron chi connectivity index (χ0n) is 6.79. The van der Waals surface area contributed by atoms with Crippen LogP contribution in [0.4, 0.5) is 0 Å². The van der Waals surface area contributed by atoms with Crippen LogP contribution < -0.4 is 0 Å². The minimum atomic E-state index is 0.846. The molecule has 0 radical (unpaired) electrons. The minimum Gasteiger partial charge on any atom is -0.224 e. The second-order valence-corrected chi connectivity index (χ2v) is 2.47. The Labute approximate surface area is 72.0 Å². The Kier molecular flexibility index (Phi) is 3.67. The Morgan fingerprint density at radius 2 is 2.00 bits per heavy atom. The molecule has 0 aliphatic rings. The molecule has 1 heteroatoms. The van der Waals surface area contributed by atoms with Crippen LogP contribution in [0.25, 0.3) is 0 Å². The van der Waals surface area contributed by atoms with Gasteiger partial charge >= 0.3 is 0 Å². The summed E-state index contributed by atoms with van der Waals surface area (Å²) in [6.45, 7) is 0. The summed E-state index contributed by atoms with van der Waals surface area (Å²) in [6, 6.07) is 10.1. The zero-order chi connectivity index (χ0) is 8.65. The predicted molar refractivity (Wildman–Crippen MR) is 48.5 cm³/mol. The number of benzene rings is 1. The molecular formula is C11H10O. The van der Waals surface area contributed by atoms with Crippen molar-refractivity contribution in [3.63, 3.8) is 0 Å². The molecule has 1 rings (SSSR count). The van der Waals surface area contributed by atoms with E-state index in [-0.39, 0.29) is 0 Å². The fraction of sp³-hybridized carbons (Fsp3) is 0.182. The van der Waals surface area contributed by atoms with Crippen molar-refractivity contribution in [1.82, 2.24) is 0 Å². The van der Waals surface area contributed by atoms with E-state index in [4.69, 9.17) is 0 Å². The molecule has 0 aliphatic heterocycles. The van der Waals surface area contributed by atoms with Gasteiger partial charge in [-0.05, 0) is 30.2 Å². The number of allylic oxidation sites excluding steroid dienone is 1. The first-order valence-electron chi connectivity index (χ1n) is 3.92. The average molecular weight is 158 g/mol. The summed E-state index contributed by atoms with van der Waals surface area (Å²) in [5.74, 6) is 1.60. The molecule has 0 heterocycles. The lowest BCUT2D eigenvalue weighted by Gasteiger charge is -1.94. The van der Waals surface area contributed by atoms with Gasteiger partial charge in [-0.1, -0.05) is 30.3 Å². The monoisotopic (exact) mass is 158 g/mol. The lowest BCUT2D eigenvalue weighted by atomic mass is 10.1. The van der Waals surface area contributed by atoms with Gasteiger partial charge < -0.3 is 0 Å². The van der Waals surface area contributed by atoms with Crippen LogP contribution in [-0.2, 0) is 11.2 Å². The third kappa shape index (κ3) is 3.03. The summed E-state index contributed by atoms with van der Waals surface area (Å²) in [5.41, 5.74) is 3.67. The van der Waals surface area contributed by atoms with E-state index in [0.29, 0.717) is 0 Å². The molecule has 0 N–H and O–H groups in total. The van der Waals surface area contributed by atoms with Gasteiger partial charge in [-0.25, -0.2) is 4.79 Å². The number of aryl methyl sites for hydroxylation is 1. The highest BCUT2D eigenvalue weighted by Gasteiger charge is 1.86. The molecule has 1 aromatic carbocycles. The quantitative estimate of drug-likeness (QED) is 0.486. The molecule has 1 aromatic rings. The molecule has 0 spiro atoms. The van der Waals surface area contributed by atoms with Gasteiger partial charge in [-0.15, -0.1) is 0 Å². The van der Waals surface area contributed by atoms with Crippen molar-refractivity contribution in [2.24, 2.45) is 0 Å². The first-order valence-corrected chi connectivity index (χ1v) is 3.92. The van der Waals surface area contributed by atoms with E-state index in [1.54, 1.807) is 12.0 Å². The van der Waals surface area contributed by atoms with Crippen LogP contribution in [0, 0.1) is 0 Å². The van der Waals surface area contributed by atoms with Gasteiger partial charge in [0.1, 0.15) is 0 Å². The molecular weight excluding hydrogens is 148 g/mol. The number of hydrogen-bond acceptors (Lipinski definition) is 1. The topological polar surface area (TPSA) is 17.1 Å². The average Bonchev–Trinajstić information content (AvgIpc) is 2.14. The van der Waals surface area contributed by atoms with Crippen LogP contribution in [0.15, 0.2) is 42.1 Å². The molecule has 12 heavy (non-hydrogen) atoms. The third-order valence-corrected chi connectivity index (χ3v) is 1.58. The molecule has 0 unspecified atom stereocenters. The second-order valence-electron chi connectivity index (χ2n) is 2.47. The molecule has 0 saturated carbocycles. The van der Waals surface area contributed by atoms with Crippen LogP contribution in [0.3, 0.4) is 0 Å². The van der Waals surface area contributed by atoms with E-state index in [1.165, 1.54) is 5.56 Å². The van der Waals surface area contributed by atoms with Crippen LogP contribution in [-0.4, -0.2) is 5.94 Å². The summed E-state index contributed by atoms with van der Waals surface area (Å²) >= 11 is 0. The summed E-state index contributed by atoms with van der Waals surface area (Å²) in [6.07, 6.45) is 3.51. The fourth-order valence-electron chi connectivity index (χ4n) is 0.997. The smallest absolute Gasteiger partial charge is 0.176 e. The SMILES string of the molecule is O=C=C=CCCc1ccccc1. The second kappa shape index (κ2) is 5.15. The molecule has 0 saturated heterocycles. The zero-order valence-corrected chi connectivity index (χ0v) is 6.79. The van der Waals surface area contributed by atoms with Crippen molar-refractivity contribution in [3.05, 3.63) is 47.7 Å². The van der Waals surface area contributed by atoms with Crippen molar-refractivity contribution in [3.8, 4) is 0 Å². The molecule has 0 aromatic heterocycles. The maximum absolute atomic E-state index is 9.75. The maximum Gasteiger partial charge on any atom is 0.176 e. The summed E-state index contributed by atoms with van der Waals surface area (Å²) in [5, 5.41) is 0. The molecule has 0 bridgehead atoms. The largest absolute Gasteiger partial charge is 0.224 e. The van der Waals surface area contributed by atoms with Crippen LogP contribution in [0.5, 0.6) is 0 Å². The summed E-state index contributed by atoms with van der Waals surface area (Å²) in [4.78, 5) is 9.75. The lowest BCUT2D eigenvalue weighted by molar-refractivity contribution is 0.569. The fourth-order valence-corrected chi connectivity index (χ4v) is 0.997. The normalized spacial score (nSPS) is 8.33. The molecule has 0 atom stereocenters. The van der Waals surface area contributed by atoms with Crippen molar-refractivity contribution in [2.75, 3.05) is 0 Å². The van der Waals surface area contributed by atoms with Gasteiger partial charge in [0.05, 0.1) is 0 Å². The van der Waals surface area contributed by atoms with Crippen molar-refractivity contribution in [2.45, 2.75) is 12.8 Å². The first kappa shape index (κ1) is 8.55. The number of carbonyl (C=O) groups excluding carboxylic acids is 1. The molecule has 0 aliphatic carbocycles. The standard InChI is InChI=1S/C11H10O/c12-10-6-2-5-9-11-7-3-1-4-8-11/h1-4,7-8H,5,9H2. The Morgan fingerprint density at radius 3 is 2.67 bits per heavy atom. The van der Waals surface area contributed by atoms with E-state index in [1.807, 2.05) is 18.2 Å². The Hall–Kier alpha value is -1.55. The molecule has 0 amide bonds. The van der Waals surface area contributed by atoms with Crippen molar-refractivity contribution >= 4 is 5.94 Å². The highest BCUT2D eigenvalue weighted by molar-refractivity contribution is 5.43. The maximum atomic E-state index is 9.75. The van der Waals surface area contributed by atoms with E-state index in [9.17, 15) is 4.79 Å². The van der Waals surface area contributed by atoms with E-state index < -0.39 is 0 Å². The van der Waals surface area contributed by atoms with Crippen LogP contribution in [0.2, 0.25) is 0 Å². The Bertz CT molecular complexity index is 301.